The van der Waals surface area contributed by atoms with Crippen molar-refractivity contribution in [3.63, 3.8) is 0 Å². The van der Waals surface area contributed by atoms with Crippen molar-refractivity contribution in [1.29, 1.82) is 0 Å². The summed E-state index contributed by atoms with van der Waals surface area (Å²) in [6, 6.07) is 1.19. The van der Waals surface area contributed by atoms with Crippen molar-refractivity contribution in [1.82, 2.24) is 4.31 Å². The monoisotopic (exact) mass is 388 g/mol. The number of rotatable bonds is 3. The zero-order chi connectivity index (χ0) is 19.5. The van der Waals surface area contributed by atoms with Crippen molar-refractivity contribution in [3.05, 3.63) is 29.3 Å². The van der Waals surface area contributed by atoms with Crippen LogP contribution in [0.4, 0.5) is 8.78 Å². The Balaban J connectivity index is 2.03. The van der Waals surface area contributed by atoms with Crippen LogP contribution in [0.1, 0.15) is 52.1 Å². The topological polar surface area (TPSA) is 81.9 Å². The molecule has 10 heteroatoms. The van der Waals surface area contributed by atoms with Crippen LogP contribution in [0.15, 0.2) is 12.1 Å². The second-order valence-electron chi connectivity index (χ2n) is 7.80. The van der Waals surface area contributed by atoms with Crippen molar-refractivity contribution in [2.75, 3.05) is 6.54 Å². The van der Waals surface area contributed by atoms with E-state index in [0.717, 1.165) is 16.4 Å². The summed E-state index contributed by atoms with van der Waals surface area (Å²) in [4.78, 5) is 0. The zero-order valence-electron chi connectivity index (χ0n) is 15.3. The Hall–Kier alpha value is -1.07. The highest BCUT2D eigenvalue weighted by Gasteiger charge is 2.53. The van der Waals surface area contributed by atoms with Crippen LogP contribution in [0.2, 0.25) is 0 Å². The van der Waals surface area contributed by atoms with E-state index in [1.54, 1.807) is 0 Å². The highest BCUT2D eigenvalue weighted by atomic mass is 32.2. The Labute approximate surface area is 153 Å². The number of nitrogens with zero attached hydrogens (tertiary/aromatic N) is 1. The lowest BCUT2D eigenvalue weighted by Gasteiger charge is -2.32. The largest absolute Gasteiger partial charge is 0.497 e. The Kier molecular flexibility index (Phi) is 4.72. The van der Waals surface area contributed by atoms with Crippen LogP contribution in [0.25, 0.3) is 0 Å². The van der Waals surface area contributed by atoms with Gasteiger partial charge in [0.15, 0.2) is 0 Å². The van der Waals surface area contributed by atoms with Gasteiger partial charge < -0.3 is 9.31 Å². The summed E-state index contributed by atoms with van der Waals surface area (Å²) in [5.74, 6) is -1.42. The first-order chi connectivity index (χ1) is 11.8. The fourth-order valence-corrected chi connectivity index (χ4v) is 4.33. The highest BCUT2D eigenvalue weighted by molar-refractivity contribution is 7.86. The van der Waals surface area contributed by atoms with Crippen LogP contribution < -0.4 is 10.6 Å². The maximum absolute atomic E-state index is 15.2. The lowest BCUT2D eigenvalue weighted by Crippen LogP contribution is -2.41. The molecule has 2 aliphatic heterocycles. The highest BCUT2D eigenvalue weighted by Crippen LogP contribution is 2.38. The van der Waals surface area contributed by atoms with Gasteiger partial charge in [0, 0.05) is 17.6 Å². The molecular formula is C16H23BF2N2O4S. The van der Waals surface area contributed by atoms with E-state index in [2.05, 4.69) is 0 Å². The minimum atomic E-state index is -4.02. The first-order valence-electron chi connectivity index (χ1n) is 8.47. The third kappa shape index (κ3) is 3.29. The van der Waals surface area contributed by atoms with Gasteiger partial charge in [-0.15, -0.1) is 0 Å². The summed E-state index contributed by atoms with van der Waals surface area (Å²) in [5, 5.41) is 5.22. The first-order valence-corrected chi connectivity index (χ1v) is 9.98. The van der Waals surface area contributed by atoms with E-state index >= 15 is 4.39 Å². The molecule has 0 saturated carbocycles. The van der Waals surface area contributed by atoms with E-state index in [4.69, 9.17) is 14.4 Å². The molecule has 0 aliphatic carbocycles. The third-order valence-electron chi connectivity index (χ3n) is 5.49. The van der Waals surface area contributed by atoms with E-state index in [9.17, 15) is 12.8 Å². The summed E-state index contributed by atoms with van der Waals surface area (Å²) >= 11 is 0. The van der Waals surface area contributed by atoms with Crippen LogP contribution in [0.3, 0.4) is 0 Å². The maximum Gasteiger partial charge on any atom is 0.497 e. The fourth-order valence-electron chi connectivity index (χ4n) is 3.37. The molecule has 1 aromatic rings. The van der Waals surface area contributed by atoms with E-state index in [1.165, 1.54) is 0 Å². The average Bonchev–Trinajstić information content (AvgIpc) is 3.04. The van der Waals surface area contributed by atoms with Crippen LogP contribution >= 0.6 is 0 Å². The van der Waals surface area contributed by atoms with Gasteiger partial charge in [0.05, 0.1) is 17.2 Å². The van der Waals surface area contributed by atoms with Crippen molar-refractivity contribution in [3.8, 4) is 0 Å². The fraction of sp³-hybridized carbons (Fsp3) is 0.625. The summed E-state index contributed by atoms with van der Waals surface area (Å²) in [5.41, 5.74) is -1.56. The number of hydrogen-bond acceptors (Lipinski definition) is 4. The quantitative estimate of drug-likeness (QED) is 0.798. The van der Waals surface area contributed by atoms with Gasteiger partial charge in [0.25, 0.3) is 10.2 Å². The second-order valence-corrected chi connectivity index (χ2v) is 9.30. The molecule has 3 rings (SSSR count). The van der Waals surface area contributed by atoms with Gasteiger partial charge in [0.2, 0.25) is 0 Å². The van der Waals surface area contributed by atoms with Crippen LogP contribution in [0.5, 0.6) is 0 Å². The molecule has 26 heavy (non-hydrogen) atoms. The summed E-state index contributed by atoms with van der Waals surface area (Å²) < 4.78 is 65.6. The lowest BCUT2D eigenvalue weighted by atomic mass is 9.77. The van der Waals surface area contributed by atoms with E-state index in [-0.39, 0.29) is 17.6 Å². The molecule has 2 heterocycles. The molecule has 0 radical (unpaired) electrons. The molecule has 6 nitrogen and oxygen atoms in total. The lowest BCUT2D eigenvalue weighted by molar-refractivity contribution is 0.00578. The maximum atomic E-state index is 15.2. The molecule has 0 amide bonds. The first kappa shape index (κ1) is 19.7. The minimum absolute atomic E-state index is 0.0544. The Morgan fingerprint density at radius 3 is 2.31 bits per heavy atom. The summed E-state index contributed by atoms with van der Waals surface area (Å²) in [7, 11) is -5.10. The normalized spacial score (nSPS) is 25.8. The predicted octanol–water partition coefficient (Wildman–Crippen LogP) is 1.60. The third-order valence-corrected chi connectivity index (χ3v) is 6.58. The molecule has 2 saturated heterocycles. The molecule has 1 unspecified atom stereocenters. The molecule has 0 bridgehead atoms. The molecular weight excluding hydrogens is 365 g/mol. The number of benzene rings is 1. The molecule has 2 N–H and O–H groups in total. The second kappa shape index (κ2) is 6.24. The summed E-state index contributed by atoms with van der Waals surface area (Å²) in [6.45, 7) is 7.41. The van der Waals surface area contributed by atoms with Gasteiger partial charge in [-0.2, -0.15) is 12.7 Å². The van der Waals surface area contributed by atoms with Gasteiger partial charge in [-0.3, -0.25) is 0 Å². The Bertz CT molecular complexity index is 816. The Morgan fingerprint density at radius 2 is 1.77 bits per heavy atom. The predicted molar refractivity (Wildman–Crippen MR) is 93.9 cm³/mol. The van der Waals surface area contributed by atoms with Gasteiger partial charge in [-0.25, -0.2) is 13.9 Å². The summed E-state index contributed by atoms with van der Waals surface area (Å²) in [6.07, 6.45) is 0.877. The van der Waals surface area contributed by atoms with Crippen molar-refractivity contribution < 1.29 is 26.5 Å². The van der Waals surface area contributed by atoms with E-state index in [1.807, 2.05) is 27.7 Å². The van der Waals surface area contributed by atoms with Crippen molar-refractivity contribution in [2.45, 2.75) is 57.8 Å². The molecule has 0 aromatic heterocycles. The molecule has 1 atom stereocenters. The standard InChI is InChI=1S/C16H23BF2N2O4S/c1-15(2)16(3,4)25-17(24-15)12-9-10(18)8-11(14(12)19)13-6-5-7-21(13)26(20,22)23/h8-9,13H,5-7H2,1-4H3,(H2,20,22,23). The molecule has 1 aromatic carbocycles. The van der Waals surface area contributed by atoms with Crippen molar-refractivity contribution in [2.24, 2.45) is 5.14 Å². The molecule has 2 fully saturated rings. The van der Waals surface area contributed by atoms with Crippen LogP contribution in [0, 0.1) is 11.6 Å². The number of halogens is 2. The zero-order valence-corrected chi connectivity index (χ0v) is 16.1. The molecule has 0 spiro atoms. The SMILES string of the molecule is CC1(C)OB(c2cc(F)cc(C3CCCN3S(N)(=O)=O)c2F)OC1(C)C. The van der Waals surface area contributed by atoms with Gasteiger partial charge in [-0.1, -0.05) is 0 Å². The minimum Gasteiger partial charge on any atom is -0.399 e. The van der Waals surface area contributed by atoms with E-state index in [0.29, 0.717) is 12.8 Å². The molecule has 2 aliphatic rings. The molecule has 144 valence electrons. The average molecular weight is 388 g/mol. The van der Waals surface area contributed by atoms with Crippen LogP contribution in [-0.4, -0.2) is 37.6 Å². The Morgan fingerprint density at radius 1 is 1.19 bits per heavy atom. The van der Waals surface area contributed by atoms with E-state index < -0.39 is 46.2 Å². The van der Waals surface area contributed by atoms with Gasteiger partial charge >= 0.3 is 7.12 Å². The van der Waals surface area contributed by atoms with Gasteiger partial charge in [0.1, 0.15) is 11.6 Å². The van der Waals surface area contributed by atoms with Crippen LogP contribution in [-0.2, 0) is 19.5 Å². The van der Waals surface area contributed by atoms with Gasteiger partial charge in [-0.05, 0) is 52.7 Å². The number of hydrogen-bond donors (Lipinski definition) is 1. The van der Waals surface area contributed by atoms with Crippen molar-refractivity contribution >= 4 is 22.8 Å². The smallest absolute Gasteiger partial charge is 0.399 e. The number of nitrogens with two attached hydrogens (primary N) is 1.